The van der Waals surface area contributed by atoms with Gasteiger partial charge in [-0.05, 0) is 36.6 Å². The van der Waals surface area contributed by atoms with E-state index in [9.17, 15) is 8.42 Å². The lowest BCUT2D eigenvalue weighted by Crippen LogP contribution is -2.15. The quantitative estimate of drug-likeness (QED) is 0.875. The first kappa shape index (κ1) is 15.7. The predicted molar refractivity (Wildman–Crippen MR) is 83.1 cm³/mol. The maximum Gasteiger partial charge on any atom is 0.264 e. The largest absolute Gasteiger partial charge is 0.264 e. The molecule has 1 aromatic heterocycles. The van der Waals surface area contributed by atoms with Crippen LogP contribution in [0.4, 0.5) is 5.95 Å². The molecule has 0 amide bonds. The number of anilines is 1. The standard InChI is InChI=1S/C14H16ClN3O2S/c1-9(2)11-4-6-12(7-5-11)21(19,20)18-14-16-10(3)8-13(15)17-14/h4-9H,1-3H3,(H,16,17,18). The highest BCUT2D eigenvalue weighted by atomic mass is 35.5. The maximum atomic E-state index is 12.3. The fourth-order valence-corrected chi connectivity index (χ4v) is 2.97. The summed E-state index contributed by atoms with van der Waals surface area (Å²) in [5.74, 6) is 0.307. The molecule has 2 rings (SSSR count). The van der Waals surface area contributed by atoms with Crippen molar-refractivity contribution in [3.05, 3.63) is 46.7 Å². The lowest BCUT2D eigenvalue weighted by atomic mass is 10.0. The van der Waals surface area contributed by atoms with Gasteiger partial charge in [0.25, 0.3) is 10.0 Å². The van der Waals surface area contributed by atoms with E-state index in [-0.39, 0.29) is 16.0 Å². The van der Waals surface area contributed by atoms with Crippen LogP contribution in [0, 0.1) is 6.92 Å². The smallest absolute Gasteiger partial charge is 0.247 e. The molecule has 112 valence electrons. The molecule has 21 heavy (non-hydrogen) atoms. The van der Waals surface area contributed by atoms with E-state index in [1.54, 1.807) is 37.3 Å². The van der Waals surface area contributed by atoms with Gasteiger partial charge in [-0.1, -0.05) is 37.6 Å². The molecule has 0 aliphatic rings. The normalized spacial score (nSPS) is 11.7. The lowest BCUT2D eigenvalue weighted by Gasteiger charge is -2.09. The van der Waals surface area contributed by atoms with Crippen LogP contribution in [0.1, 0.15) is 31.0 Å². The average molecular weight is 326 g/mol. The van der Waals surface area contributed by atoms with Crippen LogP contribution in [-0.4, -0.2) is 18.4 Å². The first-order chi connectivity index (χ1) is 9.78. The van der Waals surface area contributed by atoms with Crippen molar-refractivity contribution < 1.29 is 8.42 Å². The van der Waals surface area contributed by atoms with Gasteiger partial charge < -0.3 is 0 Å². The molecule has 0 aliphatic heterocycles. The summed E-state index contributed by atoms with van der Waals surface area (Å²) in [5, 5.41) is 0.190. The van der Waals surface area contributed by atoms with Gasteiger partial charge in [-0.3, -0.25) is 0 Å². The van der Waals surface area contributed by atoms with Crippen molar-refractivity contribution in [1.82, 2.24) is 9.97 Å². The van der Waals surface area contributed by atoms with E-state index in [4.69, 9.17) is 11.6 Å². The highest BCUT2D eigenvalue weighted by Crippen LogP contribution is 2.19. The monoisotopic (exact) mass is 325 g/mol. The Morgan fingerprint density at radius 2 is 1.76 bits per heavy atom. The van der Waals surface area contributed by atoms with Gasteiger partial charge in [-0.2, -0.15) is 0 Å². The topological polar surface area (TPSA) is 72.0 Å². The molecule has 2 aromatic rings. The molecule has 0 radical (unpaired) electrons. The minimum absolute atomic E-state index is 0.0343. The molecule has 1 N–H and O–H groups in total. The van der Waals surface area contributed by atoms with Gasteiger partial charge >= 0.3 is 0 Å². The minimum atomic E-state index is -3.72. The van der Waals surface area contributed by atoms with Gasteiger partial charge in [0.1, 0.15) is 5.15 Å². The molecular weight excluding hydrogens is 310 g/mol. The van der Waals surface area contributed by atoms with Crippen molar-refractivity contribution in [2.45, 2.75) is 31.6 Å². The van der Waals surface area contributed by atoms with Crippen molar-refractivity contribution in [2.24, 2.45) is 0 Å². The zero-order chi connectivity index (χ0) is 15.6. The SMILES string of the molecule is Cc1cc(Cl)nc(NS(=O)(=O)c2ccc(C(C)C)cc2)n1. The highest BCUT2D eigenvalue weighted by Gasteiger charge is 2.16. The van der Waals surface area contributed by atoms with E-state index in [1.807, 2.05) is 13.8 Å². The van der Waals surface area contributed by atoms with Gasteiger partial charge in [-0.25, -0.2) is 23.1 Å². The lowest BCUT2D eigenvalue weighted by molar-refractivity contribution is 0.600. The van der Waals surface area contributed by atoms with Crippen molar-refractivity contribution in [2.75, 3.05) is 4.72 Å². The van der Waals surface area contributed by atoms with Crippen LogP contribution in [0.5, 0.6) is 0 Å². The number of nitrogens with zero attached hydrogens (tertiary/aromatic N) is 2. The van der Waals surface area contributed by atoms with Gasteiger partial charge in [0.2, 0.25) is 5.95 Å². The fourth-order valence-electron chi connectivity index (χ4n) is 1.79. The molecule has 0 fully saturated rings. The van der Waals surface area contributed by atoms with Crippen LogP contribution in [-0.2, 0) is 10.0 Å². The van der Waals surface area contributed by atoms with Gasteiger partial charge in [0.15, 0.2) is 0 Å². The molecule has 7 heteroatoms. The number of hydrogen-bond acceptors (Lipinski definition) is 4. The maximum absolute atomic E-state index is 12.3. The summed E-state index contributed by atoms with van der Waals surface area (Å²) in [6.45, 7) is 5.80. The Morgan fingerprint density at radius 3 is 2.29 bits per heavy atom. The van der Waals surface area contributed by atoms with E-state index in [0.29, 0.717) is 11.6 Å². The van der Waals surface area contributed by atoms with Gasteiger partial charge in [0.05, 0.1) is 4.90 Å². The Morgan fingerprint density at radius 1 is 1.14 bits per heavy atom. The molecule has 0 saturated carbocycles. The van der Waals surface area contributed by atoms with E-state index in [1.165, 1.54) is 0 Å². The van der Waals surface area contributed by atoms with Gasteiger partial charge in [-0.15, -0.1) is 0 Å². The second kappa shape index (κ2) is 5.99. The van der Waals surface area contributed by atoms with Crippen LogP contribution in [0.25, 0.3) is 0 Å². The number of aryl methyl sites for hydroxylation is 1. The van der Waals surface area contributed by atoms with Crippen LogP contribution in [0.15, 0.2) is 35.2 Å². The Bertz CT molecular complexity index is 723. The Hall–Kier alpha value is -1.66. The van der Waals surface area contributed by atoms with Crippen molar-refractivity contribution >= 4 is 27.6 Å². The third kappa shape index (κ3) is 3.92. The third-order valence-corrected chi connectivity index (χ3v) is 4.44. The molecule has 5 nitrogen and oxygen atoms in total. The van der Waals surface area contributed by atoms with Crippen LogP contribution in [0.3, 0.4) is 0 Å². The first-order valence-electron chi connectivity index (χ1n) is 6.42. The number of benzene rings is 1. The molecule has 1 heterocycles. The number of sulfonamides is 1. The van der Waals surface area contributed by atoms with Crippen LogP contribution < -0.4 is 4.72 Å². The summed E-state index contributed by atoms with van der Waals surface area (Å²) in [6, 6.07) is 8.27. The minimum Gasteiger partial charge on any atom is -0.247 e. The molecule has 1 aromatic carbocycles. The molecule has 0 bridgehead atoms. The second-order valence-electron chi connectivity index (χ2n) is 4.98. The van der Waals surface area contributed by atoms with E-state index < -0.39 is 10.0 Å². The van der Waals surface area contributed by atoms with Crippen LogP contribution >= 0.6 is 11.6 Å². The zero-order valence-electron chi connectivity index (χ0n) is 12.0. The number of hydrogen-bond donors (Lipinski definition) is 1. The number of aromatic nitrogens is 2. The average Bonchev–Trinajstić information content (AvgIpc) is 2.37. The fraction of sp³-hybridized carbons (Fsp3) is 0.286. The zero-order valence-corrected chi connectivity index (χ0v) is 13.5. The molecule has 0 aliphatic carbocycles. The molecule has 0 atom stereocenters. The molecule has 0 saturated heterocycles. The first-order valence-corrected chi connectivity index (χ1v) is 8.28. The van der Waals surface area contributed by atoms with E-state index in [2.05, 4.69) is 14.7 Å². The van der Waals surface area contributed by atoms with E-state index >= 15 is 0 Å². The Balaban J connectivity index is 2.29. The summed E-state index contributed by atoms with van der Waals surface area (Å²) in [7, 11) is -3.72. The second-order valence-corrected chi connectivity index (χ2v) is 7.05. The predicted octanol–water partition coefficient (Wildman–Crippen LogP) is 3.36. The summed E-state index contributed by atoms with van der Waals surface area (Å²) < 4.78 is 26.9. The molecule has 0 spiro atoms. The third-order valence-electron chi connectivity index (χ3n) is 2.91. The van der Waals surface area contributed by atoms with Crippen molar-refractivity contribution in [3.8, 4) is 0 Å². The summed E-state index contributed by atoms with van der Waals surface area (Å²) >= 11 is 5.79. The summed E-state index contributed by atoms with van der Waals surface area (Å²) in [5.41, 5.74) is 1.66. The number of halogens is 1. The van der Waals surface area contributed by atoms with E-state index in [0.717, 1.165) is 5.56 Å². The summed E-state index contributed by atoms with van der Waals surface area (Å²) in [4.78, 5) is 8.02. The Kier molecular flexibility index (Phi) is 4.49. The molecular formula is C14H16ClN3O2S. The van der Waals surface area contributed by atoms with Gasteiger partial charge in [0, 0.05) is 5.69 Å². The van der Waals surface area contributed by atoms with Crippen molar-refractivity contribution in [1.29, 1.82) is 0 Å². The van der Waals surface area contributed by atoms with Crippen LogP contribution in [0.2, 0.25) is 5.15 Å². The number of nitrogens with one attached hydrogen (secondary N) is 1. The molecule has 0 unspecified atom stereocenters. The number of rotatable bonds is 4. The Labute approximate surface area is 129 Å². The highest BCUT2D eigenvalue weighted by molar-refractivity contribution is 7.92. The van der Waals surface area contributed by atoms with Crippen molar-refractivity contribution in [3.63, 3.8) is 0 Å². The summed E-state index contributed by atoms with van der Waals surface area (Å²) in [6.07, 6.45) is 0.